The summed E-state index contributed by atoms with van der Waals surface area (Å²) in [5.41, 5.74) is 1.33. The molecule has 3 amide bonds. The quantitative estimate of drug-likeness (QED) is 0.345. The summed E-state index contributed by atoms with van der Waals surface area (Å²) < 4.78 is 14.4. The van der Waals surface area contributed by atoms with Gasteiger partial charge in [0.2, 0.25) is 5.91 Å². The Labute approximate surface area is 216 Å². The molecule has 0 saturated carbocycles. The highest BCUT2D eigenvalue weighted by atomic mass is 19.1. The van der Waals surface area contributed by atoms with Crippen molar-refractivity contribution < 1.29 is 29.0 Å². The average molecular weight is 514 g/mol. The summed E-state index contributed by atoms with van der Waals surface area (Å²) >= 11 is 0. The van der Waals surface area contributed by atoms with Gasteiger partial charge in [0.1, 0.15) is 18.0 Å². The molecule has 37 heavy (non-hydrogen) atoms. The highest BCUT2D eigenvalue weighted by Gasteiger charge is 2.43. The van der Waals surface area contributed by atoms with Gasteiger partial charge in [-0.15, -0.1) is 0 Å². The van der Waals surface area contributed by atoms with Crippen LogP contribution in [0.25, 0.3) is 0 Å². The van der Waals surface area contributed by atoms with Crippen molar-refractivity contribution in [2.45, 2.75) is 70.3 Å². The van der Waals surface area contributed by atoms with E-state index >= 15 is 0 Å². The normalized spacial score (nSPS) is 18.8. The number of phenolic OH excluding ortho intramolecular Hbond substituents is 1. The van der Waals surface area contributed by atoms with Crippen LogP contribution in [0.4, 0.5) is 4.39 Å². The number of unbranched alkanes of at least 4 members (excludes halogenated alkanes) is 2. The molecule has 0 bridgehead atoms. The molecule has 200 valence electrons. The van der Waals surface area contributed by atoms with E-state index in [4.69, 9.17) is 0 Å². The van der Waals surface area contributed by atoms with Gasteiger partial charge in [0.15, 0.2) is 6.10 Å². The molecule has 1 heterocycles. The summed E-state index contributed by atoms with van der Waals surface area (Å²) in [4.78, 5) is 40.3. The molecule has 0 radical (unpaired) electrons. The van der Waals surface area contributed by atoms with Crippen LogP contribution >= 0.6 is 0 Å². The zero-order valence-corrected chi connectivity index (χ0v) is 21.3. The van der Waals surface area contributed by atoms with E-state index < -0.39 is 42.1 Å². The topological polar surface area (TPSA) is 119 Å². The molecule has 1 saturated heterocycles. The van der Waals surface area contributed by atoms with E-state index in [1.54, 1.807) is 31.2 Å². The lowest BCUT2D eigenvalue weighted by molar-refractivity contribution is -0.146. The van der Waals surface area contributed by atoms with Crippen molar-refractivity contribution in [1.82, 2.24) is 15.5 Å². The lowest BCUT2D eigenvalue weighted by Crippen LogP contribution is -2.56. The summed E-state index contributed by atoms with van der Waals surface area (Å²) in [6, 6.07) is 11.5. The van der Waals surface area contributed by atoms with Crippen molar-refractivity contribution in [3.8, 4) is 5.75 Å². The molecule has 2 aromatic carbocycles. The third-order valence-corrected chi connectivity index (χ3v) is 6.71. The Bertz CT molecular complexity index is 1080. The second kappa shape index (κ2) is 13.2. The molecular weight excluding hydrogens is 477 g/mol. The number of likely N-dealkylation sites (tertiary alicyclic amines) is 1. The summed E-state index contributed by atoms with van der Waals surface area (Å²) in [5, 5.41) is 26.6. The highest BCUT2D eigenvalue weighted by molar-refractivity contribution is 5.97. The maximum atomic E-state index is 14.4. The maximum Gasteiger partial charge on any atom is 0.254 e. The zero-order chi connectivity index (χ0) is 26.9. The third kappa shape index (κ3) is 7.29. The minimum Gasteiger partial charge on any atom is -0.508 e. The van der Waals surface area contributed by atoms with Gasteiger partial charge in [-0.3, -0.25) is 14.4 Å². The summed E-state index contributed by atoms with van der Waals surface area (Å²) in [7, 11) is 0. The van der Waals surface area contributed by atoms with Crippen LogP contribution in [-0.2, 0) is 16.0 Å². The average Bonchev–Trinajstić information content (AvgIpc) is 3.29. The number of halogens is 1. The van der Waals surface area contributed by atoms with E-state index in [0.29, 0.717) is 12.1 Å². The molecule has 2 aromatic rings. The van der Waals surface area contributed by atoms with Crippen LogP contribution in [0.3, 0.4) is 0 Å². The Kier molecular flexibility index (Phi) is 10.0. The van der Waals surface area contributed by atoms with Gasteiger partial charge in [0, 0.05) is 24.1 Å². The first-order valence-corrected chi connectivity index (χ1v) is 12.8. The number of aromatic hydroxyl groups is 1. The molecule has 3 rings (SSSR count). The molecule has 1 aliphatic rings. The molecule has 0 aromatic heterocycles. The molecule has 1 fully saturated rings. The molecule has 4 N–H and O–H groups in total. The Balaban J connectivity index is 1.79. The Morgan fingerprint density at radius 1 is 1.11 bits per heavy atom. The third-order valence-electron chi connectivity index (χ3n) is 6.71. The highest BCUT2D eigenvalue weighted by Crippen LogP contribution is 2.24. The predicted octanol–water partition coefficient (Wildman–Crippen LogP) is 2.65. The number of carbonyl (C=O) groups excluding carboxylic acids is 3. The van der Waals surface area contributed by atoms with Crippen LogP contribution < -0.4 is 10.6 Å². The van der Waals surface area contributed by atoms with Crippen molar-refractivity contribution in [3.63, 3.8) is 0 Å². The smallest absolute Gasteiger partial charge is 0.254 e. The number of phenols is 1. The molecule has 0 aliphatic carbocycles. The van der Waals surface area contributed by atoms with Crippen molar-refractivity contribution >= 4 is 17.7 Å². The zero-order valence-electron chi connectivity index (χ0n) is 21.3. The first-order valence-electron chi connectivity index (χ1n) is 12.8. The Hall–Kier alpha value is -3.46. The first kappa shape index (κ1) is 28.1. The second-order valence-corrected chi connectivity index (χ2v) is 9.50. The van der Waals surface area contributed by atoms with Gasteiger partial charge in [0.05, 0.1) is 12.6 Å². The monoisotopic (exact) mass is 513 g/mol. The number of benzene rings is 2. The number of hydrogen-bond donors (Lipinski definition) is 4. The van der Waals surface area contributed by atoms with Gasteiger partial charge in [-0.1, -0.05) is 56.2 Å². The van der Waals surface area contributed by atoms with Gasteiger partial charge in [0.25, 0.3) is 11.8 Å². The molecule has 0 spiro atoms. The first-order chi connectivity index (χ1) is 17.7. The number of rotatable bonds is 11. The van der Waals surface area contributed by atoms with Crippen molar-refractivity contribution in [3.05, 3.63) is 65.2 Å². The van der Waals surface area contributed by atoms with E-state index in [1.807, 2.05) is 13.0 Å². The largest absolute Gasteiger partial charge is 0.508 e. The van der Waals surface area contributed by atoms with E-state index in [-0.39, 0.29) is 30.7 Å². The standard InChI is InChI=1S/C28H36FN3O5/c1-3-4-8-14-30-27(36)23-16-20(29)17-32(23)28(37)25(34)22(15-19-10-6-5-7-11-19)31-26(35)21-12-9-13-24(33)18(21)2/h5-7,9-13,20,22-23,25,33-34H,3-4,8,14-17H2,1-2H3,(H,30,36)(H,31,35)/t20-,22-,23-,25-/m0/s1. The minimum absolute atomic E-state index is 0.0530. The fourth-order valence-electron chi connectivity index (χ4n) is 4.55. The number of aliphatic hydroxyl groups excluding tert-OH is 1. The van der Waals surface area contributed by atoms with Crippen LogP contribution in [0, 0.1) is 6.92 Å². The molecule has 1 aliphatic heterocycles. The molecule has 0 unspecified atom stereocenters. The van der Waals surface area contributed by atoms with E-state index in [2.05, 4.69) is 10.6 Å². The van der Waals surface area contributed by atoms with Gasteiger partial charge in [-0.25, -0.2) is 4.39 Å². The predicted molar refractivity (Wildman–Crippen MR) is 138 cm³/mol. The van der Waals surface area contributed by atoms with Crippen LogP contribution in [0.1, 0.15) is 54.1 Å². The molecule has 4 atom stereocenters. The van der Waals surface area contributed by atoms with E-state index in [0.717, 1.165) is 29.7 Å². The second-order valence-electron chi connectivity index (χ2n) is 9.50. The number of aliphatic hydroxyl groups is 1. The number of amides is 3. The molecular formula is C28H36FN3O5. The lowest BCUT2D eigenvalue weighted by atomic mass is 9.98. The number of hydrogen-bond acceptors (Lipinski definition) is 5. The van der Waals surface area contributed by atoms with Crippen LogP contribution in [-0.4, -0.2) is 70.3 Å². The Morgan fingerprint density at radius 2 is 1.84 bits per heavy atom. The molecule has 9 heteroatoms. The van der Waals surface area contributed by atoms with E-state index in [1.165, 1.54) is 18.2 Å². The fraction of sp³-hybridized carbons (Fsp3) is 0.464. The molecule has 8 nitrogen and oxygen atoms in total. The Morgan fingerprint density at radius 3 is 2.54 bits per heavy atom. The van der Waals surface area contributed by atoms with Crippen molar-refractivity contribution in [2.24, 2.45) is 0 Å². The van der Waals surface area contributed by atoms with Gasteiger partial charge in [-0.2, -0.15) is 0 Å². The fourth-order valence-corrected chi connectivity index (χ4v) is 4.55. The number of nitrogens with zero attached hydrogens (tertiary/aromatic N) is 1. The van der Waals surface area contributed by atoms with Crippen LogP contribution in [0.2, 0.25) is 0 Å². The maximum absolute atomic E-state index is 14.4. The summed E-state index contributed by atoms with van der Waals surface area (Å²) in [5.74, 6) is -1.89. The van der Waals surface area contributed by atoms with E-state index in [9.17, 15) is 29.0 Å². The minimum atomic E-state index is -1.72. The number of carbonyl (C=O) groups is 3. The number of nitrogens with one attached hydrogen (secondary N) is 2. The van der Waals surface area contributed by atoms with Crippen LogP contribution in [0.5, 0.6) is 5.75 Å². The van der Waals surface area contributed by atoms with Gasteiger partial charge < -0.3 is 25.7 Å². The number of alkyl halides is 1. The summed E-state index contributed by atoms with van der Waals surface area (Å²) in [6.45, 7) is 3.76. The van der Waals surface area contributed by atoms with Crippen molar-refractivity contribution in [1.29, 1.82) is 0 Å². The summed E-state index contributed by atoms with van der Waals surface area (Å²) in [6.07, 6.45) is -0.419. The van der Waals surface area contributed by atoms with Crippen LogP contribution in [0.15, 0.2) is 48.5 Å². The van der Waals surface area contributed by atoms with Gasteiger partial charge >= 0.3 is 0 Å². The lowest BCUT2D eigenvalue weighted by Gasteiger charge is -2.30. The van der Waals surface area contributed by atoms with Crippen molar-refractivity contribution in [2.75, 3.05) is 13.1 Å². The SMILES string of the molecule is CCCCCNC(=O)[C@@H]1C[C@H](F)CN1C(=O)[C@@H](O)[C@H](Cc1ccccc1)NC(=O)c1cccc(O)c1C. The van der Waals surface area contributed by atoms with Gasteiger partial charge in [-0.05, 0) is 37.5 Å².